The highest BCUT2D eigenvalue weighted by molar-refractivity contribution is 5.37. The maximum Gasteiger partial charge on any atom is 0.220 e. The van der Waals surface area contributed by atoms with Gasteiger partial charge in [0, 0.05) is 17.8 Å². The molecular weight excluding hydrogens is 231 g/mol. The van der Waals surface area contributed by atoms with E-state index in [1.165, 1.54) is 12.1 Å². The Morgan fingerprint density at radius 3 is 2.67 bits per heavy atom. The van der Waals surface area contributed by atoms with Crippen LogP contribution < -0.4 is 4.74 Å². The summed E-state index contributed by atoms with van der Waals surface area (Å²) in [7, 11) is 0. The molecule has 0 aliphatic heterocycles. The van der Waals surface area contributed by atoms with Gasteiger partial charge in [-0.25, -0.2) is 9.37 Å². The molecule has 90 valence electrons. The summed E-state index contributed by atoms with van der Waals surface area (Å²) in [5.74, 6) is 0.315. The van der Waals surface area contributed by atoms with Gasteiger partial charge >= 0.3 is 0 Å². The third kappa shape index (κ3) is 2.64. The second-order valence-corrected chi connectivity index (χ2v) is 3.96. The summed E-state index contributed by atoms with van der Waals surface area (Å²) in [6.45, 7) is 3.45. The van der Waals surface area contributed by atoms with Gasteiger partial charge in [0.15, 0.2) is 0 Å². The predicted molar refractivity (Wildman–Crippen MR) is 64.9 cm³/mol. The Morgan fingerprint density at radius 2 is 2.00 bits per heavy atom. The van der Waals surface area contributed by atoms with Gasteiger partial charge in [0.1, 0.15) is 11.6 Å². The van der Waals surface area contributed by atoms with Gasteiger partial charge in [0.2, 0.25) is 5.88 Å². The SMILES string of the molecule is Cc1cc(C#N)cc(Oc2ccc(C)c(F)c2)n1. The third-order valence-corrected chi connectivity index (χ3v) is 2.42. The van der Waals surface area contributed by atoms with Gasteiger partial charge in [-0.1, -0.05) is 6.07 Å². The number of ether oxygens (including phenoxy) is 1. The lowest BCUT2D eigenvalue weighted by molar-refractivity contribution is 0.456. The molecular formula is C14H11FN2O. The molecule has 0 saturated heterocycles. The van der Waals surface area contributed by atoms with Gasteiger partial charge in [-0.2, -0.15) is 5.26 Å². The van der Waals surface area contributed by atoms with Crippen molar-refractivity contribution in [1.82, 2.24) is 4.98 Å². The zero-order valence-corrected chi connectivity index (χ0v) is 10.1. The topological polar surface area (TPSA) is 45.9 Å². The van der Waals surface area contributed by atoms with Gasteiger partial charge in [-0.3, -0.25) is 0 Å². The molecule has 2 rings (SSSR count). The van der Waals surface area contributed by atoms with Crippen LogP contribution in [0.2, 0.25) is 0 Å². The molecule has 0 aliphatic rings. The van der Waals surface area contributed by atoms with Crippen molar-refractivity contribution < 1.29 is 9.13 Å². The fraction of sp³-hybridized carbons (Fsp3) is 0.143. The minimum absolute atomic E-state index is 0.287. The van der Waals surface area contributed by atoms with E-state index in [0.29, 0.717) is 22.6 Å². The van der Waals surface area contributed by atoms with E-state index in [1.54, 1.807) is 32.0 Å². The Morgan fingerprint density at radius 1 is 1.22 bits per heavy atom. The molecule has 0 spiro atoms. The molecule has 3 nitrogen and oxygen atoms in total. The van der Waals surface area contributed by atoms with Gasteiger partial charge in [0.25, 0.3) is 0 Å². The fourth-order valence-electron chi connectivity index (χ4n) is 1.51. The maximum atomic E-state index is 13.4. The van der Waals surface area contributed by atoms with Crippen LogP contribution in [-0.2, 0) is 0 Å². The van der Waals surface area contributed by atoms with Crippen LogP contribution in [-0.4, -0.2) is 4.98 Å². The number of nitriles is 1. The largest absolute Gasteiger partial charge is 0.439 e. The minimum Gasteiger partial charge on any atom is -0.439 e. The number of hydrogen-bond donors (Lipinski definition) is 0. The van der Waals surface area contributed by atoms with Crippen LogP contribution in [0.25, 0.3) is 0 Å². The number of halogens is 1. The summed E-state index contributed by atoms with van der Waals surface area (Å²) in [6, 6.07) is 9.78. The molecule has 18 heavy (non-hydrogen) atoms. The van der Waals surface area contributed by atoms with Crippen molar-refractivity contribution in [2.75, 3.05) is 0 Å². The molecule has 1 aromatic carbocycles. The van der Waals surface area contributed by atoms with Crippen LogP contribution in [0.3, 0.4) is 0 Å². The minimum atomic E-state index is -0.333. The lowest BCUT2D eigenvalue weighted by atomic mass is 10.2. The monoisotopic (exact) mass is 242 g/mol. The van der Waals surface area contributed by atoms with E-state index in [-0.39, 0.29) is 11.7 Å². The molecule has 4 heteroatoms. The van der Waals surface area contributed by atoms with Crippen molar-refractivity contribution >= 4 is 0 Å². The fourth-order valence-corrected chi connectivity index (χ4v) is 1.51. The Hall–Kier alpha value is -2.41. The van der Waals surface area contributed by atoms with Crippen molar-refractivity contribution in [3.8, 4) is 17.7 Å². The zero-order valence-electron chi connectivity index (χ0n) is 10.1. The number of aromatic nitrogens is 1. The van der Waals surface area contributed by atoms with E-state index in [2.05, 4.69) is 4.98 Å². The first kappa shape index (κ1) is 12.1. The number of rotatable bonds is 2. The first-order chi connectivity index (χ1) is 8.58. The van der Waals surface area contributed by atoms with Crippen LogP contribution in [0.15, 0.2) is 30.3 Å². The van der Waals surface area contributed by atoms with Crippen molar-refractivity contribution in [2.45, 2.75) is 13.8 Å². The number of benzene rings is 1. The smallest absolute Gasteiger partial charge is 0.220 e. The zero-order chi connectivity index (χ0) is 13.1. The molecule has 2 aromatic rings. The Kier molecular flexibility index (Phi) is 3.24. The van der Waals surface area contributed by atoms with E-state index < -0.39 is 0 Å². The van der Waals surface area contributed by atoms with Gasteiger partial charge in [-0.05, 0) is 31.5 Å². The number of hydrogen-bond acceptors (Lipinski definition) is 3. The lowest BCUT2D eigenvalue weighted by Crippen LogP contribution is -1.93. The van der Waals surface area contributed by atoms with E-state index >= 15 is 0 Å². The highest BCUT2D eigenvalue weighted by atomic mass is 19.1. The Bertz CT molecular complexity index is 632. The molecule has 1 aromatic heterocycles. The Labute approximate surface area is 104 Å². The van der Waals surface area contributed by atoms with E-state index in [9.17, 15) is 4.39 Å². The molecule has 0 aliphatic carbocycles. The number of pyridine rings is 1. The molecule has 0 saturated carbocycles. The van der Waals surface area contributed by atoms with Gasteiger partial charge in [-0.15, -0.1) is 0 Å². The number of aryl methyl sites for hydroxylation is 2. The first-order valence-electron chi connectivity index (χ1n) is 5.41. The lowest BCUT2D eigenvalue weighted by Gasteiger charge is -2.06. The van der Waals surface area contributed by atoms with Crippen LogP contribution in [0, 0.1) is 31.0 Å². The molecule has 0 N–H and O–H groups in total. The number of nitrogens with zero attached hydrogens (tertiary/aromatic N) is 2. The molecule has 0 atom stereocenters. The van der Waals surface area contributed by atoms with Crippen molar-refractivity contribution in [2.24, 2.45) is 0 Å². The predicted octanol–water partition coefficient (Wildman–Crippen LogP) is 3.50. The summed E-state index contributed by atoms with van der Waals surface area (Å²) in [6.07, 6.45) is 0. The summed E-state index contributed by atoms with van der Waals surface area (Å²) in [5, 5.41) is 8.84. The summed E-state index contributed by atoms with van der Waals surface area (Å²) >= 11 is 0. The standard InChI is InChI=1S/C14H11FN2O/c1-9-3-4-12(7-13(9)15)18-14-6-11(8-16)5-10(2)17-14/h3-7H,1-2H3. The normalized spacial score (nSPS) is 9.89. The highest BCUT2D eigenvalue weighted by Crippen LogP contribution is 2.22. The Balaban J connectivity index is 2.31. The van der Waals surface area contributed by atoms with Crippen molar-refractivity contribution in [3.05, 3.63) is 53.0 Å². The molecule has 0 radical (unpaired) electrons. The van der Waals surface area contributed by atoms with Gasteiger partial charge < -0.3 is 4.74 Å². The van der Waals surface area contributed by atoms with E-state index in [4.69, 9.17) is 10.00 Å². The molecule has 0 bridgehead atoms. The summed E-state index contributed by atoms with van der Waals surface area (Å²) in [4.78, 5) is 4.13. The van der Waals surface area contributed by atoms with E-state index in [1.807, 2.05) is 6.07 Å². The van der Waals surface area contributed by atoms with Crippen LogP contribution >= 0.6 is 0 Å². The molecule has 0 amide bonds. The molecule has 0 unspecified atom stereocenters. The molecule has 0 fully saturated rings. The first-order valence-corrected chi connectivity index (χ1v) is 5.41. The second-order valence-electron chi connectivity index (χ2n) is 3.96. The van der Waals surface area contributed by atoms with Crippen LogP contribution in [0.1, 0.15) is 16.8 Å². The quantitative estimate of drug-likeness (QED) is 0.809. The van der Waals surface area contributed by atoms with Gasteiger partial charge in [0.05, 0.1) is 11.6 Å². The average Bonchev–Trinajstić information content (AvgIpc) is 2.33. The average molecular weight is 242 g/mol. The summed E-state index contributed by atoms with van der Waals surface area (Å²) < 4.78 is 18.8. The van der Waals surface area contributed by atoms with E-state index in [0.717, 1.165) is 0 Å². The molecule has 1 heterocycles. The van der Waals surface area contributed by atoms with Crippen LogP contribution in [0.4, 0.5) is 4.39 Å². The maximum absolute atomic E-state index is 13.4. The van der Waals surface area contributed by atoms with Crippen LogP contribution in [0.5, 0.6) is 11.6 Å². The second kappa shape index (κ2) is 4.84. The van der Waals surface area contributed by atoms with Crippen molar-refractivity contribution in [3.63, 3.8) is 0 Å². The highest BCUT2D eigenvalue weighted by Gasteiger charge is 2.05. The van der Waals surface area contributed by atoms with Crippen molar-refractivity contribution in [1.29, 1.82) is 5.26 Å². The summed E-state index contributed by atoms with van der Waals surface area (Å²) in [5.41, 5.74) is 1.69. The third-order valence-electron chi connectivity index (χ3n) is 2.42.